The van der Waals surface area contributed by atoms with Crippen LogP contribution in [0.4, 0.5) is 26.1 Å². The highest BCUT2D eigenvalue weighted by atomic mass is 32.2. The van der Waals surface area contributed by atoms with Crippen LogP contribution in [0.1, 0.15) is 58.4 Å². The second-order valence-electron chi connectivity index (χ2n) is 15.3. The number of carbonyl (C=O) groups is 4. The number of anilines is 3. The van der Waals surface area contributed by atoms with Crippen LogP contribution in [0.2, 0.25) is 0 Å². The monoisotopic (exact) mass is 879 g/mol. The highest BCUT2D eigenvalue weighted by Gasteiger charge is 2.45. The fourth-order valence-electron chi connectivity index (χ4n) is 8.07. The second kappa shape index (κ2) is 16.1. The summed E-state index contributed by atoms with van der Waals surface area (Å²) in [4.78, 5) is 80.4. The van der Waals surface area contributed by atoms with E-state index in [1.165, 1.54) is 41.5 Å². The van der Waals surface area contributed by atoms with Crippen molar-refractivity contribution in [3.05, 3.63) is 100 Å². The van der Waals surface area contributed by atoms with E-state index in [4.69, 9.17) is 4.74 Å². The van der Waals surface area contributed by atoms with E-state index in [1.807, 2.05) is 0 Å². The number of amides is 4. The number of rotatable bonds is 10. The van der Waals surface area contributed by atoms with Gasteiger partial charge in [0, 0.05) is 44.3 Å². The lowest BCUT2D eigenvalue weighted by atomic mass is 10.0. The quantitative estimate of drug-likeness (QED) is 0.171. The molecule has 6 heterocycles. The molecule has 3 fully saturated rings. The van der Waals surface area contributed by atoms with E-state index in [0.29, 0.717) is 31.9 Å². The third-order valence-electron chi connectivity index (χ3n) is 11.4. The third kappa shape index (κ3) is 7.76. The minimum atomic E-state index is -4.27. The molecular weight excluding hydrogens is 845 g/mol. The minimum Gasteiger partial charge on any atom is -0.453 e. The summed E-state index contributed by atoms with van der Waals surface area (Å²) in [7, 11) is -4.27. The van der Waals surface area contributed by atoms with Gasteiger partial charge in [0.1, 0.15) is 35.9 Å². The molecule has 4 aliphatic rings. The van der Waals surface area contributed by atoms with Gasteiger partial charge in [-0.15, -0.1) is 0 Å². The van der Waals surface area contributed by atoms with Gasteiger partial charge in [0.25, 0.3) is 17.4 Å². The van der Waals surface area contributed by atoms with Crippen LogP contribution in [0.25, 0.3) is 16.6 Å². The number of nitrogens with one attached hydrogen (secondary N) is 3. The summed E-state index contributed by atoms with van der Waals surface area (Å²) >= 11 is 0. The van der Waals surface area contributed by atoms with Gasteiger partial charge in [0.05, 0.1) is 45.8 Å². The van der Waals surface area contributed by atoms with Crippen LogP contribution in [-0.2, 0) is 19.8 Å². The number of piperidine rings is 2. The van der Waals surface area contributed by atoms with Crippen molar-refractivity contribution >= 4 is 62.1 Å². The number of hydrogen-bond acceptors (Lipinski definition) is 14. The molecule has 3 saturated heterocycles. The SMILES string of the molecule is N#Cc1c(NS(=O)(=O)N2CC[C@@H](F)C2)ccc(F)c1Oc1ccc2ncn(-c3cnc(NC4CCN(c5ccc6c(c5)C(=O)N(C5CCC(=O)NC5=O)C6=O)CC4)nc3)c(=O)c2c1. The van der Waals surface area contributed by atoms with Crippen LogP contribution in [0.15, 0.2) is 72.0 Å². The number of alkyl halides is 1. The molecule has 2 atom stereocenters. The predicted octanol–water partition coefficient (Wildman–Crippen LogP) is 3.16. The Balaban J connectivity index is 0.850. The van der Waals surface area contributed by atoms with Crippen molar-refractivity contribution in [2.75, 3.05) is 41.1 Å². The van der Waals surface area contributed by atoms with E-state index >= 15 is 4.39 Å². The van der Waals surface area contributed by atoms with E-state index in [2.05, 4.69) is 35.2 Å². The summed E-state index contributed by atoms with van der Waals surface area (Å²) in [5.41, 5.74) is 0.450. The average Bonchev–Trinajstić information content (AvgIpc) is 3.83. The number of ether oxygens (including phenoxy) is 1. The number of fused-ring (bicyclic) bond motifs is 2. The van der Waals surface area contributed by atoms with Gasteiger partial charge in [-0.1, -0.05) is 0 Å². The molecule has 0 radical (unpaired) electrons. The fourth-order valence-corrected chi connectivity index (χ4v) is 9.35. The molecule has 5 aromatic rings. The lowest BCUT2D eigenvalue weighted by molar-refractivity contribution is -0.136. The van der Waals surface area contributed by atoms with Crippen molar-refractivity contribution in [1.82, 2.24) is 34.0 Å². The number of benzene rings is 3. The van der Waals surface area contributed by atoms with Crippen LogP contribution in [0.3, 0.4) is 0 Å². The molecule has 4 aliphatic heterocycles. The Morgan fingerprint density at radius 1 is 0.873 bits per heavy atom. The van der Waals surface area contributed by atoms with Crippen LogP contribution in [0.5, 0.6) is 11.5 Å². The number of halogens is 2. The topological polar surface area (TPSA) is 242 Å². The lowest BCUT2D eigenvalue weighted by Crippen LogP contribution is -2.54. The van der Waals surface area contributed by atoms with Gasteiger partial charge < -0.3 is 15.0 Å². The van der Waals surface area contributed by atoms with Crippen molar-refractivity contribution in [2.45, 2.75) is 50.4 Å². The molecule has 63 heavy (non-hydrogen) atoms. The number of nitrogens with zero attached hydrogens (tertiary/aromatic N) is 8. The zero-order valence-electron chi connectivity index (χ0n) is 33.0. The van der Waals surface area contributed by atoms with E-state index in [1.54, 1.807) is 24.3 Å². The zero-order chi connectivity index (χ0) is 44.2. The predicted molar refractivity (Wildman–Crippen MR) is 220 cm³/mol. The lowest BCUT2D eigenvalue weighted by Gasteiger charge is -2.34. The average molecular weight is 880 g/mol. The molecule has 22 heteroatoms. The van der Waals surface area contributed by atoms with E-state index < -0.39 is 68.7 Å². The van der Waals surface area contributed by atoms with Gasteiger partial charge >= 0.3 is 10.2 Å². The molecule has 0 aliphatic carbocycles. The standard InChI is InChI=1S/C41H35F2N11O8S/c42-22-9-14-52(20-22)63(60,61)50-33-6-4-31(43)36(30(33)17-44)62-26-2-5-32-29(16-26)38(57)53(21-47-32)25-18-45-41(46-19-25)48-23-10-12-51(13-11-23)24-1-3-27-28(15-24)40(59)54(39(27)58)34-7-8-35(55)49-37(34)56/h1-6,15-16,18-19,21-23,34,50H,7-14,20H2,(H,45,46,48)(H,49,55,56)/t22-,34?/m1/s1. The summed E-state index contributed by atoms with van der Waals surface area (Å²) in [6, 6.07) is 11.9. The second-order valence-corrected chi connectivity index (χ2v) is 17.0. The molecule has 322 valence electrons. The summed E-state index contributed by atoms with van der Waals surface area (Å²) in [6.45, 7) is 0.792. The molecule has 4 amide bonds. The maximum Gasteiger partial charge on any atom is 0.301 e. The number of hydrogen-bond donors (Lipinski definition) is 3. The number of nitriles is 1. The summed E-state index contributed by atoms with van der Waals surface area (Å²) in [5.74, 6) is -3.55. The van der Waals surface area contributed by atoms with Crippen LogP contribution >= 0.6 is 0 Å². The van der Waals surface area contributed by atoms with Crippen molar-refractivity contribution < 1.29 is 41.1 Å². The maximum atomic E-state index is 15.1. The first-order chi connectivity index (χ1) is 30.3. The van der Waals surface area contributed by atoms with E-state index in [0.717, 1.165) is 27.0 Å². The smallest absolute Gasteiger partial charge is 0.301 e. The highest BCUT2D eigenvalue weighted by molar-refractivity contribution is 7.90. The van der Waals surface area contributed by atoms with Gasteiger partial charge in [0.15, 0.2) is 11.6 Å². The maximum absolute atomic E-state index is 15.1. The van der Waals surface area contributed by atoms with Crippen molar-refractivity contribution in [1.29, 1.82) is 5.26 Å². The van der Waals surface area contributed by atoms with Crippen LogP contribution in [-0.4, -0.2) is 105 Å². The largest absolute Gasteiger partial charge is 0.453 e. The van der Waals surface area contributed by atoms with E-state index in [-0.39, 0.29) is 77.5 Å². The van der Waals surface area contributed by atoms with Crippen molar-refractivity contribution in [3.63, 3.8) is 0 Å². The van der Waals surface area contributed by atoms with Gasteiger partial charge in [0.2, 0.25) is 17.8 Å². The molecule has 0 spiro atoms. The Hall–Kier alpha value is -7.38. The zero-order valence-corrected chi connectivity index (χ0v) is 33.8. The first kappa shape index (κ1) is 41.0. The molecule has 3 aromatic carbocycles. The number of carbonyl (C=O) groups excluding carboxylic acids is 4. The Morgan fingerprint density at radius 2 is 1.63 bits per heavy atom. The van der Waals surface area contributed by atoms with Gasteiger partial charge in [-0.05, 0) is 74.2 Å². The third-order valence-corrected chi connectivity index (χ3v) is 12.9. The van der Waals surface area contributed by atoms with Crippen molar-refractivity contribution in [2.24, 2.45) is 0 Å². The summed E-state index contributed by atoms with van der Waals surface area (Å²) in [5, 5.41) is 15.5. The Kier molecular flexibility index (Phi) is 10.5. The van der Waals surface area contributed by atoms with Crippen LogP contribution < -0.4 is 30.6 Å². The summed E-state index contributed by atoms with van der Waals surface area (Å²) in [6.07, 6.45) is 4.34. The molecule has 1 unspecified atom stereocenters. The molecule has 19 nitrogen and oxygen atoms in total. The minimum absolute atomic E-state index is 0.0160. The first-order valence-corrected chi connectivity index (χ1v) is 21.3. The Morgan fingerprint density at radius 3 is 2.35 bits per heavy atom. The Labute approximate surface area is 356 Å². The van der Waals surface area contributed by atoms with Gasteiger partial charge in [-0.2, -0.15) is 18.0 Å². The summed E-state index contributed by atoms with van der Waals surface area (Å²) < 4.78 is 64.7. The fraction of sp³-hybridized carbons (Fsp3) is 0.293. The molecule has 9 rings (SSSR count). The van der Waals surface area contributed by atoms with Crippen molar-refractivity contribution in [3.8, 4) is 23.3 Å². The van der Waals surface area contributed by atoms with Gasteiger partial charge in [-0.25, -0.2) is 23.7 Å². The highest BCUT2D eigenvalue weighted by Crippen LogP contribution is 2.35. The molecule has 2 aromatic heterocycles. The van der Waals surface area contributed by atoms with Crippen LogP contribution in [0, 0.1) is 17.1 Å². The van der Waals surface area contributed by atoms with E-state index in [9.17, 15) is 42.0 Å². The molecule has 0 saturated carbocycles. The number of imide groups is 2. The van der Waals surface area contributed by atoms with Gasteiger partial charge in [-0.3, -0.25) is 43.5 Å². The first-order valence-electron chi connectivity index (χ1n) is 19.8. The molecular formula is C41H35F2N11O8S. The Bertz CT molecular complexity index is 2960. The number of aromatic nitrogens is 4. The molecule has 0 bridgehead atoms. The normalized spacial score (nSPS) is 19.6. The molecule has 3 N–H and O–H groups in total.